The van der Waals surface area contributed by atoms with Crippen molar-refractivity contribution in [2.45, 2.75) is 0 Å². The third-order valence-electron chi connectivity index (χ3n) is 1.17. The highest BCUT2D eigenvalue weighted by Crippen LogP contribution is 1.98. The monoisotopic (exact) mass is 150 g/mol. The normalized spacial score (nSPS) is 9.30. The van der Waals surface area contributed by atoms with Gasteiger partial charge in [-0.25, -0.2) is 0 Å². The second kappa shape index (κ2) is 2.89. The van der Waals surface area contributed by atoms with Gasteiger partial charge in [0.25, 0.3) is 5.24 Å². The van der Waals surface area contributed by atoms with Crippen LogP contribution in [0.5, 0.6) is 0 Å². The molecule has 0 saturated carbocycles. The van der Waals surface area contributed by atoms with Gasteiger partial charge in [0, 0.05) is 5.56 Å². The molecule has 0 fully saturated rings. The van der Waals surface area contributed by atoms with Crippen molar-refractivity contribution in [3.63, 3.8) is 0 Å². The van der Waals surface area contributed by atoms with Crippen LogP contribution in [0.2, 0.25) is 0 Å². The molecule has 0 atom stereocenters. The van der Waals surface area contributed by atoms with Crippen LogP contribution in [-0.2, 0) is 0 Å². The lowest BCUT2D eigenvalue weighted by atomic mass is 9.91. The first kappa shape index (κ1) is 7.35. The lowest BCUT2D eigenvalue weighted by Crippen LogP contribution is -2.11. The zero-order valence-electron chi connectivity index (χ0n) is 5.17. The number of hydrogen-bond donors (Lipinski definition) is 0. The Hall–Kier alpha value is -0.755. The first-order valence-electron chi connectivity index (χ1n) is 2.76. The van der Waals surface area contributed by atoms with Gasteiger partial charge in [-0.3, -0.25) is 4.79 Å². The zero-order chi connectivity index (χ0) is 7.56. The lowest BCUT2D eigenvalue weighted by molar-refractivity contribution is 0.108. The maximum Gasteiger partial charge on any atom is 0.251 e. The van der Waals surface area contributed by atoms with E-state index in [1.807, 2.05) is 0 Å². The Morgan fingerprint density at radius 1 is 1.40 bits per heavy atom. The van der Waals surface area contributed by atoms with Gasteiger partial charge in [0.15, 0.2) is 0 Å². The van der Waals surface area contributed by atoms with Gasteiger partial charge in [-0.05, 0) is 11.6 Å². The lowest BCUT2D eigenvalue weighted by Gasteiger charge is -1.96. The number of hydrogen-bond acceptors (Lipinski definition) is 1. The molecular weight excluding hydrogens is 146 g/mol. The summed E-state index contributed by atoms with van der Waals surface area (Å²) in [5.74, 6) is 0. The summed E-state index contributed by atoms with van der Waals surface area (Å²) in [6.45, 7) is 0. The van der Waals surface area contributed by atoms with E-state index >= 15 is 0 Å². The molecule has 0 N–H and O–H groups in total. The maximum atomic E-state index is 10.6. The second-order valence-electron chi connectivity index (χ2n) is 1.86. The summed E-state index contributed by atoms with van der Waals surface area (Å²) in [7, 11) is 5.42. The molecule has 0 aromatic heterocycles. The van der Waals surface area contributed by atoms with E-state index in [1.54, 1.807) is 24.3 Å². The molecule has 0 aliphatic heterocycles. The van der Waals surface area contributed by atoms with E-state index in [1.165, 1.54) is 0 Å². The standard InChI is InChI=1S/C7H4BClO/c8-6-4-2-1-3-5(6)7(9)10/h1-4H. The molecule has 0 spiro atoms. The molecule has 0 heterocycles. The first-order valence-corrected chi connectivity index (χ1v) is 3.14. The van der Waals surface area contributed by atoms with Crippen LogP contribution < -0.4 is 5.46 Å². The predicted molar refractivity (Wildman–Crippen MR) is 42.0 cm³/mol. The van der Waals surface area contributed by atoms with Crippen LogP contribution in [0, 0.1) is 0 Å². The fourth-order valence-electron chi connectivity index (χ4n) is 0.676. The minimum atomic E-state index is -0.516. The van der Waals surface area contributed by atoms with E-state index < -0.39 is 5.24 Å². The summed E-state index contributed by atoms with van der Waals surface area (Å²) in [5.41, 5.74) is 0.784. The van der Waals surface area contributed by atoms with E-state index in [9.17, 15) is 4.79 Å². The van der Waals surface area contributed by atoms with Crippen molar-refractivity contribution in [2.24, 2.45) is 0 Å². The Kier molecular flexibility index (Phi) is 2.12. The highest BCUT2D eigenvalue weighted by atomic mass is 35.5. The molecule has 2 radical (unpaired) electrons. The van der Waals surface area contributed by atoms with Crippen LogP contribution in [0.15, 0.2) is 24.3 Å². The summed E-state index contributed by atoms with van der Waals surface area (Å²) in [4.78, 5) is 10.6. The van der Waals surface area contributed by atoms with E-state index in [4.69, 9.17) is 19.4 Å². The zero-order valence-corrected chi connectivity index (χ0v) is 5.93. The summed E-state index contributed by atoms with van der Waals surface area (Å²) in [6, 6.07) is 6.69. The smallest absolute Gasteiger partial charge is 0.251 e. The minimum absolute atomic E-state index is 0.365. The maximum absolute atomic E-state index is 10.6. The first-order chi connectivity index (χ1) is 4.72. The van der Waals surface area contributed by atoms with E-state index in [2.05, 4.69) is 0 Å². The Bertz CT molecular complexity index is 260. The molecule has 0 aliphatic rings. The van der Waals surface area contributed by atoms with Crippen molar-refractivity contribution in [3.8, 4) is 0 Å². The average molecular weight is 150 g/mol. The van der Waals surface area contributed by atoms with Crippen molar-refractivity contribution >= 4 is 30.2 Å². The number of benzene rings is 1. The Balaban J connectivity index is 3.15. The van der Waals surface area contributed by atoms with Gasteiger partial charge >= 0.3 is 0 Å². The summed E-state index contributed by atoms with van der Waals surface area (Å²) < 4.78 is 0. The molecule has 0 aliphatic carbocycles. The van der Waals surface area contributed by atoms with E-state index in [0.717, 1.165) is 0 Å². The summed E-state index contributed by atoms with van der Waals surface area (Å²) in [5, 5.41) is -0.516. The quantitative estimate of drug-likeness (QED) is 0.429. The van der Waals surface area contributed by atoms with E-state index in [-0.39, 0.29) is 0 Å². The van der Waals surface area contributed by atoms with Gasteiger partial charge in [-0.2, -0.15) is 0 Å². The molecular formula is C7H4BClO. The van der Waals surface area contributed by atoms with Crippen molar-refractivity contribution in [1.82, 2.24) is 0 Å². The van der Waals surface area contributed by atoms with Gasteiger partial charge in [0.05, 0.1) is 0 Å². The average Bonchev–Trinajstić information content (AvgIpc) is 1.88. The van der Waals surface area contributed by atoms with E-state index in [0.29, 0.717) is 11.0 Å². The largest absolute Gasteiger partial charge is 0.276 e. The fraction of sp³-hybridized carbons (Fsp3) is 0. The molecule has 0 unspecified atom stereocenters. The fourth-order valence-corrected chi connectivity index (χ4v) is 0.848. The molecule has 1 rings (SSSR count). The van der Waals surface area contributed by atoms with Crippen LogP contribution in [0.3, 0.4) is 0 Å². The minimum Gasteiger partial charge on any atom is -0.276 e. The van der Waals surface area contributed by atoms with Crippen LogP contribution in [-0.4, -0.2) is 13.1 Å². The second-order valence-corrected chi connectivity index (χ2v) is 2.20. The van der Waals surface area contributed by atoms with Gasteiger partial charge in [0.1, 0.15) is 7.85 Å². The molecule has 1 nitrogen and oxygen atoms in total. The van der Waals surface area contributed by atoms with Gasteiger partial charge in [-0.1, -0.05) is 29.7 Å². The van der Waals surface area contributed by atoms with Gasteiger partial charge in [-0.15, -0.1) is 0 Å². The number of carbonyl (C=O) groups is 1. The van der Waals surface area contributed by atoms with Crippen molar-refractivity contribution in [3.05, 3.63) is 29.8 Å². The molecule has 0 saturated heterocycles. The molecule has 48 valence electrons. The molecule has 1 aromatic rings. The Morgan fingerprint density at radius 2 is 2.00 bits per heavy atom. The molecule has 3 heteroatoms. The van der Waals surface area contributed by atoms with Crippen LogP contribution >= 0.6 is 11.6 Å². The number of halogens is 1. The molecule has 1 aromatic carbocycles. The van der Waals surface area contributed by atoms with Gasteiger partial charge in [0.2, 0.25) is 0 Å². The summed E-state index contributed by atoms with van der Waals surface area (Å²) >= 11 is 5.19. The van der Waals surface area contributed by atoms with Crippen molar-refractivity contribution in [1.29, 1.82) is 0 Å². The number of carbonyl (C=O) groups excluding carboxylic acids is 1. The number of rotatable bonds is 1. The third-order valence-corrected chi connectivity index (χ3v) is 1.38. The molecule has 0 bridgehead atoms. The molecule has 10 heavy (non-hydrogen) atoms. The van der Waals surface area contributed by atoms with Crippen molar-refractivity contribution in [2.75, 3.05) is 0 Å². The predicted octanol–water partition coefficient (Wildman–Crippen LogP) is 0.859. The van der Waals surface area contributed by atoms with Crippen LogP contribution in [0.1, 0.15) is 10.4 Å². The molecule has 0 amide bonds. The SMILES string of the molecule is [B]c1ccccc1C(=O)Cl. The summed E-state index contributed by atoms with van der Waals surface area (Å²) in [6.07, 6.45) is 0. The van der Waals surface area contributed by atoms with Crippen LogP contribution in [0.25, 0.3) is 0 Å². The topological polar surface area (TPSA) is 17.1 Å². The highest BCUT2D eigenvalue weighted by molar-refractivity contribution is 6.69. The van der Waals surface area contributed by atoms with Crippen LogP contribution in [0.4, 0.5) is 0 Å². The highest BCUT2D eigenvalue weighted by Gasteiger charge is 2.01. The third kappa shape index (κ3) is 1.39. The Morgan fingerprint density at radius 3 is 2.40 bits per heavy atom. The van der Waals surface area contributed by atoms with Gasteiger partial charge < -0.3 is 0 Å². The Labute approximate surface area is 65.4 Å². The van der Waals surface area contributed by atoms with Crippen molar-refractivity contribution < 1.29 is 4.79 Å².